The Labute approximate surface area is 163 Å². The van der Waals surface area contributed by atoms with Crippen molar-refractivity contribution in [2.75, 3.05) is 24.5 Å². The molecule has 0 saturated carbocycles. The summed E-state index contributed by atoms with van der Waals surface area (Å²) in [6.07, 6.45) is 4.00. The van der Waals surface area contributed by atoms with Gasteiger partial charge in [-0.05, 0) is 38.8 Å². The number of nitrogens with zero attached hydrogens (tertiary/aromatic N) is 4. The van der Waals surface area contributed by atoms with Crippen LogP contribution in [0.4, 0.5) is 5.82 Å². The largest absolute Gasteiger partial charge is 0.365 e. The summed E-state index contributed by atoms with van der Waals surface area (Å²) in [4.78, 5) is 32.8. The van der Waals surface area contributed by atoms with E-state index in [0.29, 0.717) is 24.3 Å². The van der Waals surface area contributed by atoms with Gasteiger partial charge < -0.3 is 20.1 Å². The highest BCUT2D eigenvalue weighted by molar-refractivity contribution is 5.97. The van der Waals surface area contributed by atoms with Crippen molar-refractivity contribution < 1.29 is 14.1 Å². The van der Waals surface area contributed by atoms with E-state index in [1.807, 2.05) is 18.7 Å². The zero-order chi connectivity index (χ0) is 19.9. The Hall–Kier alpha value is -2.90. The first-order chi connectivity index (χ1) is 13.4. The first-order valence-corrected chi connectivity index (χ1v) is 9.58. The highest BCUT2D eigenvalue weighted by Crippen LogP contribution is 2.42. The Kier molecular flexibility index (Phi) is 4.56. The molecule has 2 aliphatic rings. The highest BCUT2D eigenvalue weighted by atomic mass is 16.5. The molecular formula is C20H25N5O3. The summed E-state index contributed by atoms with van der Waals surface area (Å²) in [5, 5.41) is 3.99. The minimum Gasteiger partial charge on any atom is -0.365 e. The number of rotatable bonds is 4. The fourth-order valence-corrected chi connectivity index (χ4v) is 4.41. The lowest BCUT2D eigenvalue weighted by Crippen LogP contribution is -2.42. The summed E-state index contributed by atoms with van der Waals surface area (Å²) < 4.78 is 5.23. The lowest BCUT2D eigenvalue weighted by molar-refractivity contribution is -0.128. The number of primary amides is 1. The van der Waals surface area contributed by atoms with Crippen LogP contribution in [0.15, 0.2) is 22.9 Å². The summed E-state index contributed by atoms with van der Waals surface area (Å²) in [5.74, 6) is 1.13. The second-order valence-electron chi connectivity index (χ2n) is 7.96. The predicted molar refractivity (Wildman–Crippen MR) is 103 cm³/mol. The molecule has 0 unspecified atom stereocenters. The van der Waals surface area contributed by atoms with Gasteiger partial charge in [-0.1, -0.05) is 5.16 Å². The average molecular weight is 383 g/mol. The first-order valence-electron chi connectivity index (χ1n) is 9.58. The molecule has 2 aromatic rings. The quantitative estimate of drug-likeness (QED) is 0.863. The third kappa shape index (κ3) is 3.23. The lowest BCUT2D eigenvalue weighted by Gasteiger charge is -2.39. The molecule has 2 fully saturated rings. The van der Waals surface area contributed by atoms with Gasteiger partial charge in [0.1, 0.15) is 11.6 Å². The maximum atomic E-state index is 12.7. The number of carbonyl (C=O) groups is 2. The number of hydrogen-bond acceptors (Lipinski definition) is 6. The van der Waals surface area contributed by atoms with Crippen molar-refractivity contribution in [1.29, 1.82) is 0 Å². The molecule has 2 N–H and O–H groups in total. The van der Waals surface area contributed by atoms with Crippen molar-refractivity contribution in [3.63, 3.8) is 0 Å². The van der Waals surface area contributed by atoms with Gasteiger partial charge in [-0.3, -0.25) is 9.59 Å². The van der Waals surface area contributed by atoms with E-state index in [0.717, 1.165) is 49.5 Å². The highest BCUT2D eigenvalue weighted by Gasteiger charge is 2.45. The van der Waals surface area contributed by atoms with Gasteiger partial charge in [0, 0.05) is 43.2 Å². The Morgan fingerprint density at radius 2 is 2.07 bits per heavy atom. The van der Waals surface area contributed by atoms with E-state index in [1.165, 1.54) is 0 Å². The summed E-state index contributed by atoms with van der Waals surface area (Å²) in [7, 11) is 0. The van der Waals surface area contributed by atoms with E-state index in [1.54, 1.807) is 18.3 Å². The van der Waals surface area contributed by atoms with Crippen LogP contribution in [0.5, 0.6) is 0 Å². The van der Waals surface area contributed by atoms with E-state index in [2.05, 4.69) is 15.0 Å². The summed E-state index contributed by atoms with van der Waals surface area (Å²) >= 11 is 0. The van der Waals surface area contributed by atoms with Crippen molar-refractivity contribution in [1.82, 2.24) is 15.0 Å². The Morgan fingerprint density at radius 3 is 2.71 bits per heavy atom. The summed E-state index contributed by atoms with van der Waals surface area (Å²) in [6.45, 7) is 6.59. The van der Waals surface area contributed by atoms with E-state index in [-0.39, 0.29) is 11.3 Å². The molecule has 0 aromatic carbocycles. The molecule has 8 heteroatoms. The number of amides is 2. The Morgan fingerprint density at radius 1 is 1.32 bits per heavy atom. The summed E-state index contributed by atoms with van der Waals surface area (Å²) in [6, 6.07) is 3.43. The van der Waals surface area contributed by atoms with Crippen LogP contribution in [0.2, 0.25) is 0 Å². The molecular weight excluding hydrogens is 358 g/mol. The van der Waals surface area contributed by atoms with Crippen molar-refractivity contribution in [3.05, 3.63) is 40.9 Å². The molecule has 2 amide bonds. The third-order valence-corrected chi connectivity index (χ3v) is 6.11. The van der Waals surface area contributed by atoms with Crippen molar-refractivity contribution in [2.45, 2.75) is 39.7 Å². The van der Waals surface area contributed by atoms with E-state index >= 15 is 0 Å². The molecule has 0 aliphatic carbocycles. The molecule has 8 nitrogen and oxygen atoms in total. The van der Waals surface area contributed by atoms with Gasteiger partial charge in [-0.2, -0.15) is 0 Å². The van der Waals surface area contributed by atoms with Gasteiger partial charge in [-0.15, -0.1) is 0 Å². The molecule has 28 heavy (non-hydrogen) atoms. The topological polar surface area (TPSA) is 106 Å². The monoisotopic (exact) mass is 383 g/mol. The number of carbonyl (C=O) groups excluding carboxylic acids is 2. The first kappa shape index (κ1) is 18.5. The normalized spacial score (nSPS) is 18.9. The van der Waals surface area contributed by atoms with E-state index in [9.17, 15) is 9.59 Å². The maximum absolute atomic E-state index is 12.7. The smallest absolute Gasteiger partial charge is 0.252 e. The van der Waals surface area contributed by atoms with Gasteiger partial charge in [0.25, 0.3) is 5.91 Å². The van der Waals surface area contributed by atoms with Crippen LogP contribution in [0.25, 0.3) is 0 Å². The van der Waals surface area contributed by atoms with Crippen LogP contribution >= 0.6 is 0 Å². The molecule has 0 bridgehead atoms. The fourth-order valence-electron chi connectivity index (χ4n) is 4.41. The van der Waals surface area contributed by atoms with Crippen LogP contribution in [0.1, 0.15) is 46.6 Å². The minimum atomic E-state index is -0.468. The van der Waals surface area contributed by atoms with Crippen molar-refractivity contribution in [3.8, 4) is 0 Å². The zero-order valence-electron chi connectivity index (χ0n) is 16.3. The fraction of sp³-hybridized carbons (Fsp3) is 0.500. The van der Waals surface area contributed by atoms with E-state index < -0.39 is 5.91 Å². The Balaban J connectivity index is 1.45. The molecule has 2 saturated heterocycles. The van der Waals surface area contributed by atoms with Crippen molar-refractivity contribution >= 4 is 17.6 Å². The second kappa shape index (κ2) is 6.92. The maximum Gasteiger partial charge on any atom is 0.252 e. The van der Waals surface area contributed by atoms with Crippen LogP contribution in [0, 0.1) is 19.3 Å². The number of likely N-dealkylation sites (tertiary alicyclic amines) is 1. The zero-order valence-corrected chi connectivity index (χ0v) is 16.3. The molecule has 2 aromatic heterocycles. The average Bonchev–Trinajstić information content (AvgIpc) is 3.16. The van der Waals surface area contributed by atoms with Crippen LogP contribution in [-0.4, -0.2) is 46.5 Å². The van der Waals surface area contributed by atoms with Gasteiger partial charge in [0.2, 0.25) is 5.91 Å². The Bertz CT molecular complexity index is 895. The standard InChI is InChI=1S/C20H25N5O3/c1-13-16(14(2)28-23-13)11-25-12-20(10-17(25)26)5-8-24(9-6-20)19-15(18(21)27)4-3-7-22-19/h3-4,7H,5-6,8-12H2,1-2H3,(H2,21,27). The number of piperidine rings is 1. The number of anilines is 1. The van der Waals surface area contributed by atoms with Crippen molar-refractivity contribution in [2.24, 2.45) is 11.1 Å². The van der Waals surface area contributed by atoms with Crippen LogP contribution in [0.3, 0.4) is 0 Å². The third-order valence-electron chi connectivity index (χ3n) is 6.11. The molecule has 4 rings (SSSR count). The SMILES string of the molecule is Cc1noc(C)c1CN1CC2(CCN(c3ncccc3C(N)=O)CC2)CC1=O. The molecule has 0 atom stereocenters. The second-order valence-corrected chi connectivity index (χ2v) is 7.96. The predicted octanol–water partition coefficient (Wildman–Crippen LogP) is 1.80. The number of pyridine rings is 1. The van der Waals surface area contributed by atoms with Gasteiger partial charge >= 0.3 is 0 Å². The van der Waals surface area contributed by atoms with Gasteiger partial charge in [-0.25, -0.2) is 4.98 Å². The van der Waals surface area contributed by atoms with Crippen LogP contribution in [-0.2, 0) is 11.3 Å². The van der Waals surface area contributed by atoms with E-state index in [4.69, 9.17) is 10.3 Å². The van der Waals surface area contributed by atoms with Gasteiger partial charge in [0.05, 0.1) is 17.8 Å². The van der Waals surface area contributed by atoms with Gasteiger partial charge in [0.15, 0.2) is 0 Å². The molecule has 4 heterocycles. The minimum absolute atomic E-state index is 0.0196. The lowest BCUT2D eigenvalue weighted by atomic mass is 9.77. The molecule has 148 valence electrons. The molecule has 1 spiro atoms. The number of hydrogen-bond donors (Lipinski definition) is 1. The van der Waals surface area contributed by atoms with Crippen LogP contribution < -0.4 is 10.6 Å². The molecule has 2 aliphatic heterocycles. The number of aromatic nitrogens is 2. The summed E-state index contributed by atoms with van der Waals surface area (Å²) in [5.41, 5.74) is 7.76. The number of aryl methyl sites for hydroxylation is 2. The number of nitrogens with two attached hydrogens (primary N) is 1. The molecule has 0 radical (unpaired) electrons.